The van der Waals surface area contributed by atoms with Crippen molar-refractivity contribution in [2.45, 2.75) is 20.3 Å². The van der Waals surface area contributed by atoms with Gasteiger partial charge in [-0.05, 0) is 25.3 Å². The lowest BCUT2D eigenvalue weighted by Crippen LogP contribution is -2.26. The average molecular weight is 271 g/mol. The molecule has 2 aromatic carbocycles. The van der Waals surface area contributed by atoms with Gasteiger partial charge in [0.2, 0.25) is 0 Å². The molecule has 2 rings (SSSR count). The summed E-state index contributed by atoms with van der Waals surface area (Å²) in [5, 5.41) is 2.44. The Kier molecular flexibility index (Phi) is 4.99. The number of ether oxygens (including phenoxy) is 1. The molecule has 0 atom stereocenters. The third-order valence-corrected chi connectivity index (χ3v) is 3.38. The van der Waals surface area contributed by atoms with Gasteiger partial charge in [0.15, 0.2) is 0 Å². The molecular formula is C17H21NO2. The fourth-order valence-corrected chi connectivity index (χ4v) is 2.39. The van der Waals surface area contributed by atoms with Crippen LogP contribution in [0.2, 0.25) is 0 Å². The lowest BCUT2D eigenvalue weighted by molar-refractivity contribution is -0.142. The topological polar surface area (TPSA) is 29.5 Å². The highest BCUT2D eigenvalue weighted by Gasteiger charge is 2.10. The molecule has 0 saturated carbocycles. The van der Waals surface area contributed by atoms with E-state index in [1.54, 1.807) is 0 Å². The Hall–Kier alpha value is -2.03. The van der Waals surface area contributed by atoms with Crippen LogP contribution >= 0.6 is 0 Å². The van der Waals surface area contributed by atoms with Crippen LogP contribution < -0.4 is 4.90 Å². The minimum atomic E-state index is -0.133. The number of carbonyl (C=O) groups excluding carboxylic acids is 1. The van der Waals surface area contributed by atoms with Gasteiger partial charge >= 0.3 is 5.97 Å². The summed E-state index contributed by atoms with van der Waals surface area (Å²) >= 11 is 0. The number of hydrogen-bond donors (Lipinski definition) is 0. The van der Waals surface area contributed by atoms with E-state index in [-0.39, 0.29) is 5.97 Å². The first-order chi connectivity index (χ1) is 9.76. The van der Waals surface area contributed by atoms with Gasteiger partial charge in [-0.2, -0.15) is 0 Å². The van der Waals surface area contributed by atoms with Crippen molar-refractivity contribution in [2.24, 2.45) is 0 Å². The van der Waals surface area contributed by atoms with Crippen molar-refractivity contribution >= 4 is 22.4 Å². The second-order valence-electron chi connectivity index (χ2n) is 4.63. The van der Waals surface area contributed by atoms with Crippen LogP contribution in [0, 0.1) is 0 Å². The number of rotatable bonds is 6. The molecule has 20 heavy (non-hydrogen) atoms. The lowest BCUT2D eigenvalue weighted by Gasteiger charge is -2.24. The molecule has 0 bridgehead atoms. The van der Waals surface area contributed by atoms with Crippen LogP contribution in [-0.4, -0.2) is 25.7 Å². The molecular weight excluding hydrogens is 250 g/mol. The second kappa shape index (κ2) is 6.94. The molecule has 3 nitrogen and oxygen atoms in total. The van der Waals surface area contributed by atoms with Crippen molar-refractivity contribution in [3.05, 3.63) is 42.5 Å². The van der Waals surface area contributed by atoms with Crippen LogP contribution in [0.15, 0.2) is 42.5 Å². The van der Waals surface area contributed by atoms with Gasteiger partial charge in [0.05, 0.1) is 13.0 Å². The van der Waals surface area contributed by atoms with E-state index in [0.717, 1.165) is 6.54 Å². The number of anilines is 1. The van der Waals surface area contributed by atoms with E-state index in [1.807, 2.05) is 19.1 Å². The molecule has 0 aromatic heterocycles. The monoisotopic (exact) mass is 271 g/mol. The van der Waals surface area contributed by atoms with Crippen LogP contribution in [0.4, 0.5) is 5.69 Å². The zero-order valence-corrected chi connectivity index (χ0v) is 12.1. The maximum absolute atomic E-state index is 11.5. The molecule has 0 unspecified atom stereocenters. The molecule has 0 amide bonds. The van der Waals surface area contributed by atoms with Crippen molar-refractivity contribution in [3.63, 3.8) is 0 Å². The zero-order chi connectivity index (χ0) is 14.4. The number of benzene rings is 2. The Morgan fingerprint density at radius 1 is 1.10 bits per heavy atom. The summed E-state index contributed by atoms with van der Waals surface area (Å²) in [7, 11) is 0. The first kappa shape index (κ1) is 14.4. The lowest BCUT2D eigenvalue weighted by atomic mass is 10.1. The van der Waals surface area contributed by atoms with Crippen LogP contribution in [0.3, 0.4) is 0 Å². The van der Waals surface area contributed by atoms with Crippen LogP contribution in [-0.2, 0) is 9.53 Å². The van der Waals surface area contributed by atoms with Gasteiger partial charge in [0.25, 0.3) is 0 Å². The fourth-order valence-electron chi connectivity index (χ4n) is 2.39. The third kappa shape index (κ3) is 3.29. The van der Waals surface area contributed by atoms with Crippen LogP contribution in [0.25, 0.3) is 10.8 Å². The highest BCUT2D eigenvalue weighted by atomic mass is 16.5. The Bertz CT molecular complexity index is 575. The second-order valence-corrected chi connectivity index (χ2v) is 4.63. The summed E-state index contributed by atoms with van der Waals surface area (Å²) in [5.41, 5.74) is 1.18. The van der Waals surface area contributed by atoms with E-state index in [2.05, 4.69) is 42.2 Å². The molecule has 0 radical (unpaired) electrons. The smallest absolute Gasteiger partial charge is 0.307 e. The molecule has 0 fully saturated rings. The average Bonchev–Trinajstić information content (AvgIpc) is 2.48. The van der Waals surface area contributed by atoms with E-state index >= 15 is 0 Å². The van der Waals surface area contributed by atoms with Gasteiger partial charge in [-0.1, -0.05) is 36.4 Å². The number of carbonyl (C=O) groups is 1. The predicted octanol–water partition coefficient (Wildman–Crippen LogP) is 3.62. The molecule has 0 spiro atoms. The molecule has 0 aliphatic carbocycles. The summed E-state index contributed by atoms with van der Waals surface area (Å²) < 4.78 is 4.99. The van der Waals surface area contributed by atoms with Crippen molar-refractivity contribution in [1.82, 2.24) is 0 Å². The van der Waals surface area contributed by atoms with Gasteiger partial charge in [-0.15, -0.1) is 0 Å². The van der Waals surface area contributed by atoms with Crippen LogP contribution in [0.1, 0.15) is 20.3 Å². The van der Waals surface area contributed by atoms with E-state index in [0.29, 0.717) is 19.6 Å². The summed E-state index contributed by atoms with van der Waals surface area (Å²) in [4.78, 5) is 13.7. The third-order valence-electron chi connectivity index (χ3n) is 3.38. The summed E-state index contributed by atoms with van der Waals surface area (Å²) in [6, 6.07) is 14.6. The first-order valence-corrected chi connectivity index (χ1v) is 7.14. The van der Waals surface area contributed by atoms with Crippen molar-refractivity contribution in [3.8, 4) is 0 Å². The zero-order valence-electron chi connectivity index (χ0n) is 12.1. The Morgan fingerprint density at radius 2 is 1.85 bits per heavy atom. The first-order valence-electron chi connectivity index (χ1n) is 7.14. The van der Waals surface area contributed by atoms with E-state index in [1.165, 1.54) is 16.5 Å². The Balaban J connectivity index is 2.19. The summed E-state index contributed by atoms with van der Waals surface area (Å²) in [5.74, 6) is -0.133. The van der Waals surface area contributed by atoms with Gasteiger partial charge < -0.3 is 9.64 Å². The SMILES string of the molecule is CCOC(=O)CCN(CC)c1cccc2ccccc12. The van der Waals surface area contributed by atoms with Crippen LogP contribution in [0.5, 0.6) is 0 Å². The highest BCUT2D eigenvalue weighted by molar-refractivity contribution is 5.94. The molecule has 0 aliphatic heterocycles. The molecule has 3 heteroatoms. The normalized spacial score (nSPS) is 10.5. The largest absolute Gasteiger partial charge is 0.466 e. The van der Waals surface area contributed by atoms with Crippen molar-refractivity contribution < 1.29 is 9.53 Å². The maximum Gasteiger partial charge on any atom is 0.307 e. The van der Waals surface area contributed by atoms with E-state index in [4.69, 9.17) is 4.74 Å². The maximum atomic E-state index is 11.5. The van der Waals surface area contributed by atoms with Gasteiger partial charge in [0.1, 0.15) is 0 Å². The molecule has 0 saturated heterocycles. The molecule has 106 valence electrons. The molecule has 0 heterocycles. The molecule has 0 N–H and O–H groups in total. The highest BCUT2D eigenvalue weighted by Crippen LogP contribution is 2.26. The standard InChI is InChI=1S/C17H21NO2/c1-3-18(13-12-17(19)20-4-2)16-11-7-9-14-8-5-6-10-15(14)16/h5-11H,3-4,12-13H2,1-2H3. The minimum Gasteiger partial charge on any atom is -0.466 e. The minimum absolute atomic E-state index is 0.133. The van der Waals surface area contributed by atoms with Gasteiger partial charge in [0, 0.05) is 24.2 Å². The van der Waals surface area contributed by atoms with Gasteiger partial charge in [-0.25, -0.2) is 0 Å². The van der Waals surface area contributed by atoms with Gasteiger partial charge in [-0.3, -0.25) is 4.79 Å². The summed E-state index contributed by atoms with van der Waals surface area (Å²) in [6.45, 7) is 5.93. The Morgan fingerprint density at radius 3 is 2.60 bits per heavy atom. The van der Waals surface area contributed by atoms with E-state index < -0.39 is 0 Å². The van der Waals surface area contributed by atoms with E-state index in [9.17, 15) is 4.79 Å². The van der Waals surface area contributed by atoms with Crippen molar-refractivity contribution in [2.75, 3.05) is 24.6 Å². The summed E-state index contributed by atoms with van der Waals surface area (Å²) in [6.07, 6.45) is 0.422. The number of esters is 1. The number of nitrogens with zero attached hydrogens (tertiary/aromatic N) is 1. The Labute approximate surface area is 120 Å². The molecule has 0 aliphatic rings. The predicted molar refractivity (Wildman–Crippen MR) is 83.1 cm³/mol. The quantitative estimate of drug-likeness (QED) is 0.752. The van der Waals surface area contributed by atoms with Crippen molar-refractivity contribution in [1.29, 1.82) is 0 Å². The fraction of sp³-hybridized carbons (Fsp3) is 0.353. The number of hydrogen-bond acceptors (Lipinski definition) is 3. The molecule has 2 aromatic rings. The number of fused-ring (bicyclic) bond motifs is 1.